The lowest BCUT2D eigenvalue weighted by Crippen LogP contribution is -2.17. The summed E-state index contributed by atoms with van der Waals surface area (Å²) in [7, 11) is 1.31. The monoisotopic (exact) mass is 339 g/mol. The summed E-state index contributed by atoms with van der Waals surface area (Å²) in [5, 5.41) is 5.47. The molecule has 1 saturated carbocycles. The van der Waals surface area contributed by atoms with Crippen LogP contribution in [0.25, 0.3) is 0 Å². The van der Waals surface area contributed by atoms with Crippen LogP contribution in [0.15, 0.2) is 48.8 Å². The van der Waals surface area contributed by atoms with Gasteiger partial charge in [-0.15, -0.1) is 0 Å². The number of carbonyl (C=O) groups excluding carboxylic acids is 3. The molecule has 0 aliphatic heterocycles. The van der Waals surface area contributed by atoms with Crippen LogP contribution in [-0.4, -0.2) is 29.9 Å². The van der Waals surface area contributed by atoms with Gasteiger partial charge in [-0.05, 0) is 42.8 Å². The summed E-state index contributed by atoms with van der Waals surface area (Å²) < 4.78 is 4.63. The minimum absolute atomic E-state index is 0.219. The molecule has 0 bridgehead atoms. The largest absolute Gasteiger partial charge is 0.469 e. The molecule has 2 atom stereocenters. The number of ether oxygens (including phenoxy) is 1. The van der Waals surface area contributed by atoms with E-state index in [-0.39, 0.29) is 29.6 Å². The van der Waals surface area contributed by atoms with Crippen molar-refractivity contribution in [1.29, 1.82) is 0 Å². The van der Waals surface area contributed by atoms with E-state index in [2.05, 4.69) is 20.4 Å². The maximum Gasteiger partial charge on any atom is 0.309 e. The van der Waals surface area contributed by atoms with Gasteiger partial charge in [-0.1, -0.05) is 0 Å². The van der Waals surface area contributed by atoms with E-state index in [1.54, 1.807) is 48.8 Å². The average Bonchev–Trinajstić information content (AvgIpc) is 3.43. The third-order valence-electron chi connectivity index (χ3n) is 3.97. The van der Waals surface area contributed by atoms with Crippen LogP contribution in [0.3, 0.4) is 0 Å². The van der Waals surface area contributed by atoms with Gasteiger partial charge in [0.05, 0.1) is 30.8 Å². The fourth-order valence-electron chi connectivity index (χ4n) is 2.48. The smallest absolute Gasteiger partial charge is 0.309 e. The highest BCUT2D eigenvalue weighted by atomic mass is 16.5. The number of anilines is 2. The zero-order valence-corrected chi connectivity index (χ0v) is 13.6. The van der Waals surface area contributed by atoms with Crippen LogP contribution >= 0.6 is 0 Å². The Bertz CT molecular complexity index is 790. The zero-order chi connectivity index (χ0) is 17.8. The summed E-state index contributed by atoms with van der Waals surface area (Å²) in [6.45, 7) is 0. The van der Waals surface area contributed by atoms with Crippen molar-refractivity contribution in [1.82, 2.24) is 4.98 Å². The third kappa shape index (κ3) is 4.00. The first kappa shape index (κ1) is 16.6. The quantitative estimate of drug-likeness (QED) is 0.813. The van der Waals surface area contributed by atoms with Gasteiger partial charge in [0.2, 0.25) is 5.91 Å². The van der Waals surface area contributed by atoms with Crippen molar-refractivity contribution in [3.05, 3.63) is 54.4 Å². The number of hydrogen-bond donors (Lipinski definition) is 2. The van der Waals surface area contributed by atoms with Gasteiger partial charge in [-0.25, -0.2) is 0 Å². The Kier molecular flexibility index (Phi) is 4.74. The normalized spacial score (nSPS) is 18.1. The molecular formula is C18H17N3O4. The van der Waals surface area contributed by atoms with Gasteiger partial charge in [0, 0.05) is 17.4 Å². The lowest BCUT2D eigenvalue weighted by Gasteiger charge is -2.07. The van der Waals surface area contributed by atoms with Crippen LogP contribution in [0.2, 0.25) is 0 Å². The molecular weight excluding hydrogens is 322 g/mol. The predicted molar refractivity (Wildman–Crippen MR) is 90.9 cm³/mol. The summed E-state index contributed by atoms with van der Waals surface area (Å²) in [6, 6.07) is 10.00. The highest BCUT2D eigenvalue weighted by Crippen LogP contribution is 2.40. The number of aromatic nitrogens is 1. The Labute approximate surface area is 144 Å². The van der Waals surface area contributed by atoms with E-state index in [0.717, 1.165) is 0 Å². The SMILES string of the molecule is COC(=O)[C@@H]1C[C@H]1C(=O)Nc1ccc(C(=O)Nc2cccnc2)cc1. The van der Waals surface area contributed by atoms with Crippen LogP contribution in [0, 0.1) is 11.8 Å². The summed E-state index contributed by atoms with van der Waals surface area (Å²) in [5.41, 5.74) is 1.63. The molecule has 7 nitrogen and oxygen atoms in total. The predicted octanol–water partition coefficient (Wildman–Crippen LogP) is 2.08. The van der Waals surface area contributed by atoms with Crippen molar-refractivity contribution in [2.24, 2.45) is 11.8 Å². The molecule has 2 amide bonds. The number of carbonyl (C=O) groups is 3. The number of pyridine rings is 1. The summed E-state index contributed by atoms with van der Waals surface area (Å²) >= 11 is 0. The number of benzene rings is 1. The van der Waals surface area contributed by atoms with Gasteiger partial charge >= 0.3 is 5.97 Å². The molecule has 1 fully saturated rings. The topological polar surface area (TPSA) is 97.4 Å². The summed E-state index contributed by atoms with van der Waals surface area (Å²) in [4.78, 5) is 39.5. The number of methoxy groups -OCH3 is 1. The second-order valence-electron chi connectivity index (χ2n) is 5.73. The first-order valence-corrected chi connectivity index (χ1v) is 7.78. The molecule has 3 rings (SSSR count). The number of amides is 2. The Balaban J connectivity index is 1.56. The number of hydrogen-bond acceptors (Lipinski definition) is 5. The molecule has 7 heteroatoms. The van der Waals surface area contributed by atoms with Gasteiger partial charge in [-0.2, -0.15) is 0 Å². The molecule has 128 valence electrons. The standard InChI is InChI=1S/C18H17N3O4/c1-25-18(24)15-9-14(15)17(23)20-12-6-4-11(5-7-12)16(22)21-13-3-2-8-19-10-13/h2-8,10,14-15H,9H2,1H3,(H,20,23)(H,21,22)/t14-,15-/m1/s1. The van der Waals surface area contributed by atoms with Crippen LogP contribution < -0.4 is 10.6 Å². The number of rotatable bonds is 5. The molecule has 0 unspecified atom stereocenters. The van der Waals surface area contributed by atoms with Gasteiger partial charge in [-0.3, -0.25) is 19.4 Å². The van der Waals surface area contributed by atoms with Crippen molar-refractivity contribution in [2.45, 2.75) is 6.42 Å². The molecule has 25 heavy (non-hydrogen) atoms. The van der Waals surface area contributed by atoms with Crippen LogP contribution in [0.1, 0.15) is 16.8 Å². The van der Waals surface area contributed by atoms with Crippen molar-refractivity contribution < 1.29 is 19.1 Å². The zero-order valence-electron chi connectivity index (χ0n) is 13.6. The molecule has 1 heterocycles. The van der Waals surface area contributed by atoms with E-state index < -0.39 is 0 Å². The average molecular weight is 339 g/mol. The molecule has 0 radical (unpaired) electrons. The molecule has 1 aliphatic rings. The first-order valence-electron chi connectivity index (χ1n) is 7.78. The van der Waals surface area contributed by atoms with Gasteiger partial charge in [0.25, 0.3) is 5.91 Å². The van der Waals surface area contributed by atoms with E-state index in [1.165, 1.54) is 7.11 Å². The molecule has 1 aliphatic carbocycles. The van der Waals surface area contributed by atoms with E-state index in [9.17, 15) is 14.4 Å². The van der Waals surface area contributed by atoms with Crippen molar-refractivity contribution in [3.63, 3.8) is 0 Å². The fourth-order valence-corrected chi connectivity index (χ4v) is 2.48. The third-order valence-corrected chi connectivity index (χ3v) is 3.97. The fraction of sp³-hybridized carbons (Fsp3) is 0.222. The molecule has 0 spiro atoms. The lowest BCUT2D eigenvalue weighted by atomic mass is 10.2. The highest BCUT2D eigenvalue weighted by Gasteiger charge is 2.48. The Morgan fingerprint density at radius 1 is 1.04 bits per heavy atom. The van der Waals surface area contributed by atoms with Gasteiger partial charge < -0.3 is 15.4 Å². The van der Waals surface area contributed by atoms with Crippen LogP contribution in [0.5, 0.6) is 0 Å². The first-order chi connectivity index (χ1) is 12.1. The molecule has 0 saturated heterocycles. The van der Waals surface area contributed by atoms with Crippen LogP contribution in [-0.2, 0) is 14.3 Å². The molecule has 1 aromatic heterocycles. The number of esters is 1. The summed E-state index contributed by atoms with van der Waals surface area (Å²) in [6.07, 6.45) is 3.68. The molecule has 2 N–H and O–H groups in total. The minimum atomic E-state index is -0.359. The van der Waals surface area contributed by atoms with Crippen molar-refractivity contribution >= 4 is 29.2 Å². The maximum absolute atomic E-state index is 12.1. The minimum Gasteiger partial charge on any atom is -0.469 e. The lowest BCUT2D eigenvalue weighted by molar-refractivity contribution is -0.143. The van der Waals surface area contributed by atoms with E-state index in [1.807, 2.05) is 0 Å². The second kappa shape index (κ2) is 7.12. The van der Waals surface area contributed by atoms with E-state index >= 15 is 0 Å². The summed E-state index contributed by atoms with van der Waals surface area (Å²) in [5.74, 6) is -1.54. The molecule has 2 aromatic rings. The Morgan fingerprint density at radius 3 is 2.44 bits per heavy atom. The molecule has 1 aromatic carbocycles. The highest BCUT2D eigenvalue weighted by molar-refractivity contribution is 6.04. The van der Waals surface area contributed by atoms with E-state index in [4.69, 9.17) is 0 Å². The van der Waals surface area contributed by atoms with Crippen LogP contribution in [0.4, 0.5) is 11.4 Å². The van der Waals surface area contributed by atoms with Crippen molar-refractivity contribution in [2.75, 3.05) is 17.7 Å². The van der Waals surface area contributed by atoms with Gasteiger partial charge in [0.1, 0.15) is 0 Å². The number of nitrogens with zero attached hydrogens (tertiary/aromatic N) is 1. The maximum atomic E-state index is 12.1. The number of nitrogens with one attached hydrogen (secondary N) is 2. The van der Waals surface area contributed by atoms with E-state index in [0.29, 0.717) is 23.4 Å². The van der Waals surface area contributed by atoms with Crippen molar-refractivity contribution in [3.8, 4) is 0 Å². The Morgan fingerprint density at radius 2 is 1.80 bits per heavy atom. The second-order valence-corrected chi connectivity index (χ2v) is 5.73. The Hall–Kier alpha value is -3.22. The van der Waals surface area contributed by atoms with Gasteiger partial charge in [0.15, 0.2) is 0 Å².